The fourth-order valence-electron chi connectivity index (χ4n) is 5.83. The first-order valence-corrected chi connectivity index (χ1v) is 13.5. The zero-order valence-corrected chi connectivity index (χ0v) is 20.2. The fourth-order valence-corrected chi connectivity index (χ4v) is 8.09. The molecule has 7 nitrogen and oxygen atoms in total. The number of aromatic nitrogens is 4. The maximum absolute atomic E-state index is 13.5. The van der Waals surface area contributed by atoms with Crippen LogP contribution in [0.25, 0.3) is 11.4 Å². The van der Waals surface area contributed by atoms with E-state index in [1.807, 2.05) is 4.68 Å². The van der Waals surface area contributed by atoms with Crippen molar-refractivity contribution in [2.24, 2.45) is 5.41 Å². The molecular formula is C23H31F2N5O2S. The lowest BCUT2D eigenvalue weighted by Crippen LogP contribution is -2.50. The third-order valence-corrected chi connectivity index (χ3v) is 9.53. The first-order valence-electron chi connectivity index (χ1n) is 11.7. The van der Waals surface area contributed by atoms with Crippen LogP contribution in [0.4, 0.5) is 8.78 Å². The molecule has 2 aliphatic heterocycles. The SMILES string of the molecule is CC(C)n1nc(-c2ccc(C(C)(F)F)nc2)nc1[C@@H]1CC[C@@H](N2CCC3(C2)CS(=O)(=O)C3)C1. The summed E-state index contributed by atoms with van der Waals surface area (Å²) in [6.45, 7) is 6.81. The molecule has 10 heteroatoms. The van der Waals surface area contributed by atoms with E-state index in [-0.39, 0.29) is 23.1 Å². The smallest absolute Gasteiger partial charge is 0.286 e. The summed E-state index contributed by atoms with van der Waals surface area (Å²) in [5.41, 5.74) is 0.346. The average molecular weight is 480 g/mol. The molecule has 0 amide bonds. The normalized spacial score (nSPS) is 26.8. The summed E-state index contributed by atoms with van der Waals surface area (Å²) in [5, 5.41) is 4.70. The van der Waals surface area contributed by atoms with Crippen molar-refractivity contribution in [1.82, 2.24) is 24.6 Å². The van der Waals surface area contributed by atoms with Crippen molar-refractivity contribution < 1.29 is 17.2 Å². The molecule has 33 heavy (non-hydrogen) atoms. The summed E-state index contributed by atoms with van der Waals surface area (Å²) in [5.74, 6) is -0.575. The Labute approximate surface area is 193 Å². The lowest BCUT2D eigenvalue weighted by Gasteiger charge is -2.38. The first kappa shape index (κ1) is 22.8. The molecule has 2 aromatic heterocycles. The third-order valence-electron chi connectivity index (χ3n) is 7.42. The van der Waals surface area contributed by atoms with Crippen LogP contribution in [-0.2, 0) is 15.8 Å². The zero-order chi connectivity index (χ0) is 23.6. The number of sulfone groups is 1. The Balaban J connectivity index is 1.32. The van der Waals surface area contributed by atoms with Gasteiger partial charge in [0.1, 0.15) is 11.5 Å². The highest BCUT2D eigenvalue weighted by molar-refractivity contribution is 7.92. The predicted molar refractivity (Wildman–Crippen MR) is 121 cm³/mol. The molecule has 3 aliphatic rings. The van der Waals surface area contributed by atoms with E-state index in [1.165, 1.54) is 12.3 Å². The van der Waals surface area contributed by atoms with E-state index >= 15 is 0 Å². The van der Waals surface area contributed by atoms with Gasteiger partial charge in [-0.3, -0.25) is 9.88 Å². The van der Waals surface area contributed by atoms with Gasteiger partial charge in [0.15, 0.2) is 15.7 Å². The number of alkyl halides is 2. The Kier molecular flexibility index (Phi) is 5.39. The van der Waals surface area contributed by atoms with Crippen LogP contribution in [0.5, 0.6) is 0 Å². The summed E-state index contributed by atoms with van der Waals surface area (Å²) in [4.78, 5) is 11.2. The molecule has 0 N–H and O–H groups in total. The molecule has 0 radical (unpaired) electrons. The average Bonchev–Trinajstić information content (AvgIpc) is 3.44. The van der Waals surface area contributed by atoms with Gasteiger partial charge in [-0.1, -0.05) is 0 Å². The fraction of sp³-hybridized carbons (Fsp3) is 0.696. The van der Waals surface area contributed by atoms with Gasteiger partial charge in [0.2, 0.25) is 0 Å². The monoisotopic (exact) mass is 479 g/mol. The van der Waals surface area contributed by atoms with E-state index in [4.69, 9.17) is 10.1 Å². The van der Waals surface area contributed by atoms with Gasteiger partial charge < -0.3 is 0 Å². The molecule has 1 spiro atoms. The number of halogens is 2. The van der Waals surface area contributed by atoms with Gasteiger partial charge in [-0.05, 0) is 58.2 Å². The van der Waals surface area contributed by atoms with Crippen LogP contribution in [0.3, 0.4) is 0 Å². The van der Waals surface area contributed by atoms with Gasteiger partial charge in [-0.25, -0.2) is 18.1 Å². The molecular weight excluding hydrogens is 448 g/mol. The minimum absolute atomic E-state index is 0.0174. The number of hydrogen-bond acceptors (Lipinski definition) is 6. The molecule has 2 aromatic rings. The van der Waals surface area contributed by atoms with Crippen LogP contribution in [0, 0.1) is 5.41 Å². The van der Waals surface area contributed by atoms with Crippen molar-refractivity contribution in [3.05, 3.63) is 29.8 Å². The number of hydrogen-bond donors (Lipinski definition) is 0. The topological polar surface area (TPSA) is 81.0 Å². The highest BCUT2D eigenvalue weighted by atomic mass is 32.2. The van der Waals surface area contributed by atoms with Crippen molar-refractivity contribution in [2.45, 2.75) is 70.4 Å². The minimum Gasteiger partial charge on any atom is -0.300 e. The summed E-state index contributed by atoms with van der Waals surface area (Å²) in [7, 11) is -2.82. The number of likely N-dealkylation sites (tertiary alicyclic amines) is 1. The van der Waals surface area contributed by atoms with Crippen LogP contribution in [0.15, 0.2) is 18.3 Å². The summed E-state index contributed by atoms with van der Waals surface area (Å²) >= 11 is 0. The zero-order valence-electron chi connectivity index (χ0n) is 19.3. The molecule has 0 unspecified atom stereocenters. The Morgan fingerprint density at radius 1 is 1.21 bits per heavy atom. The largest absolute Gasteiger partial charge is 0.300 e. The maximum Gasteiger partial charge on any atom is 0.286 e. The van der Waals surface area contributed by atoms with Crippen LogP contribution in [0.1, 0.15) is 69.9 Å². The van der Waals surface area contributed by atoms with Crippen LogP contribution in [0.2, 0.25) is 0 Å². The molecule has 1 saturated carbocycles. The van der Waals surface area contributed by atoms with Crippen molar-refractivity contribution in [2.75, 3.05) is 24.6 Å². The molecule has 2 saturated heterocycles. The van der Waals surface area contributed by atoms with E-state index in [0.29, 0.717) is 28.9 Å². The molecule has 180 valence electrons. The van der Waals surface area contributed by atoms with Gasteiger partial charge >= 0.3 is 0 Å². The highest BCUT2D eigenvalue weighted by Crippen LogP contribution is 2.45. The minimum atomic E-state index is -2.98. The quantitative estimate of drug-likeness (QED) is 0.649. The summed E-state index contributed by atoms with van der Waals surface area (Å²) in [6.07, 6.45) is 5.45. The Bertz CT molecular complexity index is 1130. The standard InChI is InChI=1S/C23H31F2N5O2S/c1-15(2)30-21(27-20(28-30)17-5-7-19(26-11-17)22(3,24)25)16-4-6-18(10-16)29-9-8-23(12-29)13-33(31,32)14-23/h5,7,11,15-16,18H,4,6,8-10,12-14H2,1-3H3/t16-,18-/m1/s1. The van der Waals surface area contributed by atoms with E-state index in [1.54, 1.807) is 6.07 Å². The van der Waals surface area contributed by atoms with Gasteiger partial charge in [0.05, 0.1) is 11.5 Å². The van der Waals surface area contributed by atoms with Crippen LogP contribution in [-0.4, -0.2) is 63.7 Å². The van der Waals surface area contributed by atoms with E-state index in [0.717, 1.165) is 51.5 Å². The second kappa shape index (κ2) is 7.80. The summed E-state index contributed by atoms with van der Waals surface area (Å²) < 4.78 is 52.4. The van der Waals surface area contributed by atoms with E-state index < -0.39 is 15.8 Å². The van der Waals surface area contributed by atoms with E-state index in [2.05, 4.69) is 23.7 Å². The molecule has 0 bridgehead atoms. The molecule has 5 rings (SSSR count). The summed E-state index contributed by atoms with van der Waals surface area (Å²) in [6, 6.07) is 3.51. The predicted octanol–water partition coefficient (Wildman–Crippen LogP) is 3.79. The van der Waals surface area contributed by atoms with Gasteiger partial charge in [0.25, 0.3) is 5.92 Å². The highest BCUT2D eigenvalue weighted by Gasteiger charge is 2.53. The van der Waals surface area contributed by atoms with Gasteiger partial charge in [-0.2, -0.15) is 13.9 Å². The van der Waals surface area contributed by atoms with Crippen molar-refractivity contribution in [3.8, 4) is 11.4 Å². The van der Waals surface area contributed by atoms with Gasteiger partial charge in [0, 0.05) is 48.6 Å². The lowest BCUT2D eigenvalue weighted by atomic mass is 9.91. The molecule has 2 atom stereocenters. The van der Waals surface area contributed by atoms with Crippen LogP contribution >= 0.6 is 0 Å². The van der Waals surface area contributed by atoms with Crippen molar-refractivity contribution >= 4 is 9.84 Å². The second-order valence-corrected chi connectivity index (χ2v) is 12.6. The maximum atomic E-state index is 13.5. The Hall–Kier alpha value is -1.94. The number of pyridine rings is 1. The molecule has 3 fully saturated rings. The van der Waals surface area contributed by atoms with Crippen LogP contribution < -0.4 is 0 Å². The Morgan fingerprint density at radius 2 is 1.97 bits per heavy atom. The van der Waals surface area contributed by atoms with E-state index in [9.17, 15) is 17.2 Å². The molecule has 4 heterocycles. The first-order chi connectivity index (χ1) is 15.4. The molecule has 1 aliphatic carbocycles. The number of rotatable bonds is 5. The Morgan fingerprint density at radius 3 is 2.58 bits per heavy atom. The van der Waals surface area contributed by atoms with Crippen molar-refractivity contribution in [3.63, 3.8) is 0 Å². The third kappa shape index (κ3) is 4.32. The second-order valence-electron chi connectivity index (χ2n) is 10.6. The van der Waals surface area contributed by atoms with Gasteiger partial charge in [-0.15, -0.1) is 0 Å². The lowest BCUT2D eigenvalue weighted by molar-refractivity contribution is 0.0128. The number of nitrogens with zero attached hydrogens (tertiary/aromatic N) is 5. The molecule has 0 aromatic carbocycles. The van der Waals surface area contributed by atoms with Crippen molar-refractivity contribution in [1.29, 1.82) is 0 Å².